The fourth-order valence-electron chi connectivity index (χ4n) is 5.01. The molecule has 0 N–H and O–H groups in total. The van der Waals surface area contributed by atoms with E-state index in [1.54, 1.807) is 22.4 Å². The van der Waals surface area contributed by atoms with Crippen molar-refractivity contribution in [2.45, 2.75) is 64.0 Å². The second-order valence-electron chi connectivity index (χ2n) is 8.47. The summed E-state index contributed by atoms with van der Waals surface area (Å²) in [5, 5.41) is 0. The molecule has 0 unspecified atom stereocenters. The highest BCUT2D eigenvalue weighted by atomic mass is 16.5. The van der Waals surface area contributed by atoms with E-state index < -0.39 is 0 Å². The van der Waals surface area contributed by atoms with Crippen LogP contribution in [-0.4, -0.2) is 51.7 Å². The molecule has 1 amide bonds. The Bertz CT molecular complexity index is 897. The Hall–Kier alpha value is -2.15. The van der Waals surface area contributed by atoms with Gasteiger partial charge in [0.1, 0.15) is 0 Å². The number of likely N-dealkylation sites (tertiary alicyclic amines) is 1. The Labute approximate surface area is 171 Å². The predicted octanol–water partition coefficient (Wildman–Crippen LogP) is 2.98. The molecule has 0 radical (unpaired) electrons. The van der Waals surface area contributed by atoms with Crippen molar-refractivity contribution in [1.82, 2.24) is 19.0 Å². The third kappa shape index (κ3) is 4.25. The lowest BCUT2D eigenvalue weighted by molar-refractivity contribution is -0.133. The number of hydrogen-bond acceptors (Lipinski definition) is 4. The minimum absolute atomic E-state index is 0.0205. The molecule has 29 heavy (non-hydrogen) atoms. The smallest absolute Gasteiger partial charge is 0.330 e. The number of methoxy groups -OCH3 is 1. The van der Waals surface area contributed by atoms with Gasteiger partial charge in [0.15, 0.2) is 5.65 Å². The maximum absolute atomic E-state index is 13.2. The van der Waals surface area contributed by atoms with Crippen LogP contribution < -0.4 is 5.69 Å². The zero-order valence-corrected chi connectivity index (χ0v) is 17.4. The summed E-state index contributed by atoms with van der Waals surface area (Å²) in [6.45, 7) is 2.37. The summed E-state index contributed by atoms with van der Waals surface area (Å²) in [6, 6.07) is 3.77. The molecule has 0 spiro atoms. The Balaban J connectivity index is 1.52. The Morgan fingerprint density at radius 1 is 1.24 bits per heavy atom. The zero-order valence-electron chi connectivity index (χ0n) is 17.4. The van der Waals surface area contributed by atoms with Crippen molar-refractivity contribution in [1.29, 1.82) is 0 Å². The van der Waals surface area contributed by atoms with Gasteiger partial charge in [0.25, 0.3) is 0 Å². The van der Waals surface area contributed by atoms with Crippen LogP contribution in [0.15, 0.2) is 23.1 Å². The van der Waals surface area contributed by atoms with Crippen LogP contribution in [-0.2, 0) is 16.1 Å². The minimum atomic E-state index is -0.0546. The molecule has 1 atom stereocenters. The van der Waals surface area contributed by atoms with Gasteiger partial charge in [-0.1, -0.05) is 25.7 Å². The topological polar surface area (TPSA) is 69.4 Å². The van der Waals surface area contributed by atoms with Gasteiger partial charge in [-0.15, -0.1) is 0 Å². The normalized spacial score (nSPS) is 20.6. The van der Waals surface area contributed by atoms with E-state index in [0.717, 1.165) is 37.2 Å². The van der Waals surface area contributed by atoms with E-state index in [9.17, 15) is 9.59 Å². The number of amides is 1. The van der Waals surface area contributed by atoms with Crippen LogP contribution in [0.4, 0.5) is 0 Å². The molecule has 2 aromatic heterocycles. The average molecular weight is 401 g/mol. The second-order valence-corrected chi connectivity index (χ2v) is 8.47. The number of ether oxygens (including phenoxy) is 1. The third-order valence-corrected chi connectivity index (χ3v) is 6.60. The number of rotatable bonds is 7. The molecule has 2 aliphatic rings. The monoisotopic (exact) mass is 400 g/mol. The number of carbonyl (C=O) groups excluding carboxylic acids is 1. The summed E-state index contributed by atoms with van der Waals surface area (Å²) in [5.74, 6) is 0.968. The number of imidazole rings is 1. The quantitative estimate of drug-likeness (QED) is 0.716. The van der Waals surface area contributed by atoms with Crippen LogP contribution in [0.2, 0.25) is 0 Å². The second kappa shape index (κ2) is 9.11. The van der Waals surface area contributed by atoms with Crippen molar-refractivity contribution < 1.29 is 9.53 Å². The summed E-state index contributed by atoms with van der Waals surface area (Å²) in [4.78, 5) is 32.5. The van der Waals surface area contributed by atoms with E-state index in [2.05, 4.69) is 4.98 Å². The molecular weight excluding hydrogens is 368 g/mol. The van der Waals surface area contributed by atoms with Crippen molar-refractivity contribution in [2.75, 3.05) is 26.8 Å². The molecule has 1 aliphatic heterocycles. The fraction of sp³-hybridized carbons (Fsp3) is 0.682. The highest BCUT2D eigenvalue weighted by molar-refractivity contribution is 5.76. The van der Waals surface area contributed by atoms with Gasteiger partial charge in [0, 0.05) is 32.8 Å². The van der Waals surface area contributed by atoms with Gasteiger partial charge in [0.2, 0.25) is 5.91 Å². The number of fused-ring (bicyclic) bond motifs is 1. The Kier molecular flexibility index (Phi) is 6.33. The molecule has 3 heterocycles. The van der Waals surface area contributed by atoms with Gasteiger partial charge in [-0.25, -0.2) is 9.78 Å². The van der Waals surface area contributed by atoms with Gasteiger partial charge in [-0.3, -0.25) is 13.9 Å². The first-order valence-corrected chi connectivity index (χ1v) is 11.0. The van der Waals surface area contributed by atoms with E-state index >= 15 is 0 Å². The average Bonchev–Trinajstić information content (AvgIpc) is 3.36. The predicted molar refractivity (Wildman–Crippen MR) is 112 cm³/mol. The maximum Gasteiger partial charge on any atom is 0.330 e. The maximum atomic E-state index is 13.2. The molecule has 2 aromatic rings. The molecule has 1 saturated heterocycles. The number of pyridine rings is 1. The van der Waals surface area contributed by atoms with Crippen molar-refractivity contribution in [3.8, 4) is 0 Å². The molecule has 7 heteroatoms. The molecule has 1 aliphatic carbocycles. The molecule has 4 rings (SSSR count). The van der Waals surface area contributed by atoms with Gasteiger partial charge in [0.05, 0.1) is 24.7 Å². The molecule has 158 valence electrons. The van der Waals surface area contributed by atoms with Crippen LogP contribution in [0.5, 0.6) is 0 Å². The van der Waals surface area contributed by atoms with E-state index in [4.69, 9.17) is 4.74 Å². The summed E-state index contributed by atoms with van der Waals surface area (Å²) >= 11 is 0. The fourth-order valence-corrected chi connectivity index (χ4v) is 5.01. The lowest BCUT2D eigenvalue weighted by Gasteiger charge is -2.33. The molecular formula is C22H32N4O3. The highest BCUT2D eigenvalue weighted by Crippen LogP contribution is 2.30. The first-order chi connectivity index (χ1) is 14.2. The SMILES string of the molecule is COCCn1c(=O)n([C@H]2CCCN(C(=O)CCC3CCCC3)C2)c2ncccc21. The number of carbonyl (C=O) groups is 1. The minimum Gasteiger partial charge on any atom is -0.383 e. The van der Waals surface area contributed by atoms with Crippen molar-refractivity contribution in [3.05, 3.63) is 28.8 Å². The van der Waals surface area contributed by atoms with Gasteiger partial charge >= 0.3 is 5.69 Å². The van der Waals surface area contributed by atoms with Crippen molar-refractivity contribution >= 4 is 17.1 Å². The van der Waals surface area contributed by atoms with Gasteiger partial charge in [-0.05, 0) is 37.3 Å². The first-order valence-electron chi connectivity index (χ1n) is 11.0. The number of aromatic nitrogens is 3. The summed E-state index contributed by atoms with van der Waals surface area (Å²) in [7, 11) is 1.64. The lowest BCUT2D eigenvalue weighted by atomic mass is 10.00. The molecule has 7 nitrogen and oxygen atoms in total. The Morgan fingerprint density at radius 2 is 2.07 bits per heavy atom. The van der Waals surface area contributed by atoms with E-state index in [1.165, 1.54) is 25.7 Å². The first kappa shape index (κ1) is 20.1. The van der Waals surface area contributed by atoms with E-state index in [0.29, 0.717) is 31.8 Å². The van der Waals surface area contributed by atoms with Crippen LogP contribution in [0.3, 0.4) is 0 Å². The van der Waals surface area contributed by atoms with E-state index in [1.807, 2.05) is 17.0 Å². The highest BCUT2D eigenvalue weighted by Gasteiger charge is 2.29. The van der Waals surface area contributed by atoms with Crippen molar-refractivity contribution in [2.24, 2.45) is 5.92 Å². The van der Waals surface area contributed by atoms with Crippen LogP contribution >= 0.6 is 0 Å². The third-order valence-electron chi connectivity index (χ3n) is 6.60. The van der Waals surface area contributed by atoms with E-state index in [-0.39, 0.29) is 17.6 Å². The van der Waals surface area contributed by atoms with Crippen LogP contribution in [0, 0.1) is 5.92 Å². The zero-order chi connectivity index (χ0) is 20.2. The standard InChI is InChI=1S/C22H32N4O3/c1-29-15-14-25-19-9-4-12-23-21(19)26(22(25)28)18-8-5-13-24(16-18)20(27)11-10-17-6-2-3-7-17/h4,9,12,17-18H,2-3,5-8,10-11,13-16H2,1H3/t18-/m0/s1. The summed E-state index contributed by atoms with van der Waals surface area (Å²) in [6.07, 6.45) is 10.4. The summed E-state index contributed by atoms with van der Waals surface area (Å²) < 4.78 is 8.73. The molecule has 0 bridgehead atoms. The number of hydrogen-bond donors (Lipinski definition) is 0. The Morgan fingerprint density at radius 3 is 2.86 bits per heavy atom. The largest absolute Gasteiger partial charge is 0.383 e. The number of piperidine rings is 1. The van der Waals surface area contributed by atoms with Gasteiger partial charge in [-0.2, -0.15) is 0 Å². The molecule has 2 fully saturated rings. The molecule has 0 aromatic carbocycles. The van der Waals surface area contributed by atoms with Crippen LogP contribution in [0.1, 0.15) is 57.4 Å². The lowest BCUT2D eigenvalue weighted by Crippen LogP contribution is -2.43. The number of nitrogens with zero attached hydrogens (tertiary/aromatic N) is 4. The van der Waals surface area contributed by atoms with Crippen molar-refractivity contribution in [3.63, 3.8) is 0 Å². The molecule has 1 saturated carbocycles. The van der Waals surface area contributed by atoms with Crippen LogP contribution in [0.25, 0.3) is 11.2 Å². The summed E-state index contributed by atoms with van der Waals surface area (Å²) in [5.41, 5.74) is 1.49. The van der Waals surface area contributed by atoms with Gasteiger partial charge < -0.3 is 9.64 Å².